The first kappa shape index (κ1) is 16.3. The summed E-state index contributed by atoms with van der Waals surface area (Å²) in [7, 11) is 0. The van der Waals surface area contributed by atoms with Gasteiger partial charge in [0, 0.05) is 0 Å². The lowest BCUT2D eigenvalue weighted by atomic mass is 10.1. The average molecular weight is 335 g/mol. The molecule has 5 heteroatoms. The summed E-state index contributed by atoms with van der Waals surface area (Å²) in [5.41, 5.74) is 3.49. The summed E-state index contributed by atoms with van der Waals surface area (Å²) in [4.78, 5) is 17.8. The number of benzene rings is 2. The van der Waals surface area contributed by atoms with Crippen molar-refractivity contribution in [3.63, 3.8) is 0 Å². The summed E-state index contributed by atoms with van der Waals surface area (Å²) in [6.07, 6.45) is 0. The number of aryl methyl sites for hydroxylation is 1. The van der Waals surface area contributed by atoms with E-state index in [0.29, 0.717) is 16.1 Å². The van der Waals surface area contributed by atoms with E-state index in [1.165, 1.54) is 11.8 Å². The number of para-hydroxylation sites is 1. The van der Waals surface area contributed by atoms with Crippen LogP contribution in [-0.2, 0) is 0 Å². The summed E-state index contributed by atoms with van der Waals surface area (Å²) in [6.45, 7) is 5.82. The van der Waals surface area contributed by atoms with Crippen LogP contribution in [0.2, 0.25) is 0 Å². The third-order valence-electron chi connectivity index (χ3n) is 4.03. The van der Waals surface area contributed by atoms with Crippen LogP contribution in [-0.4, -0.2) is 14.8 Å². The molecule has 0 bridgehead atoms. The monoisotopic (exact) mass is 335 g/mol. The molecular weight excluding hydrogens is 318 g/mol. The Balaban J connectivity index is 2.38. The Bertz CT molecular complexity index is 1020. The fourth-order valence-corrected chi connectivity index (χ4v) is 3.37. The third kappa shape index (κ3) is 2.81. The molecular formula is C19H17N3OS. The second-order valence-electron chi connectivity index (χ2n) is 5.66. The largest absolute Gasteiger partial charge is 0.268 e. The van der Waals surface area contributed by atoms with Crippen molar-refractivity contribution in [2.24, 2.45) is 0 Å². The minimum atomic E-state index is -0.297. The Morgan fingerprint density at radius 3 is 2.67 bits per heavy atom. The van der Waals surface area contributed by atoms with Gasteiger partial charge in [0.15, 0.2) is 5.16 Å². The van der Waals surface area contributed by atoms with Crippen LogP contribution in [0.25, 0.3) is 16.6 Å². The highest BCUT2D eigenvalue weighted by molar-refractivity contribution is 8.00. The Morgan fingerprint density at radius 1 is 1.17 bits per heavy atom. The van der Waals surface area contributed by atoms with Crippen molar-refractivity contribution in [3.8, 4) is 11.8 Å². The number of hydrogen-bond acceptors (Lipinski definition) is 4. The lowest BCUT2D eigenvalue weighted by Gasteiger charge is -2.16. The zero-order valence-electron chi connectivity index (χ0n) is 13.8. The van der Waals surface area contributed by atoms with Gasteiger partial charge in [0.05, 0.1) is 27.9 Å². The maximum absolute atomic E-state index is 13.1. The van der Waals surface area contributed by atoms with Gasteiger partial charge in [-0.15, -0.1) is 0 Å². The zero-order valence-corrected chi connectivity index (χ0v) is 14.6. The van der Waals surface area contributed by atoms with Gasteiger partial charge in [0.25, 0.3) is 5.56 Å². The Hall–Kier alpha value is -2.58. The third-order valence-corrected chi connectivity index (χ3v) is 4.97. The van der Waals surface area contributed by atoms with Gasteiger partial charge >= 0.3 is 0 Å². The second-order valence-corrected chi connectivity index (χ2v) is 6.97. The van der Waals surface area contributed by atoms with Crippen LogP contribution >= 0.6 is 11.8 Å². The van der Waals surface area contributed by atoms with Crippen molar-refractivity contribution < 1.29 is 0 Å². The molecule has 120 valence electrons. The van der Waals surface area contributed by atoms with Crippen LogP contribution in [0.5, 0.6) is 0 Å². The highest BCUT2D eigenvalue weighted by Gasteiger charge is 2.17. The number of fused-ring (bicyclic) bond motifs is 1. The topological polar surface area (TPSA) is 58.7 Å². The first-order valence-corrected chi connectivity index (χ1v) is 8.55. The summed E-state index contributed by atoms with van der Waals surface area (Å²) < 4.78 is 1.63. The van der Waals surface area contributed by atoms with Crippen LogP contribution in [0.1, 0.15) is 18.1 Å². The molecule has 1 atom stereocenters. The van der Waals surface area contributed by atoms with Gasteiger partial charge in [0.1, 0.15) is 0 Å². The summed E-state index contributed by atoms with van der Waals surface area (Å²) >= 11 is 1.30. The standard InChI is InChI=1S/C19H17N3OS/c1-12-7-6-10-17(14(12)3)22-18(23)15-8-4-5-9-16(15)21-19(22)24-13(2)11-20/h4-10,13H,1-3H3. The van der Waals surface area contributed by atoms with Crippen LogP contribution in [0.3, 0.4) is 0 Å². The molecule has 0 N–H and O–H groups in total. The number of nitrogens with zero attached hydrogens (tertiary/aromatic N) is 3. The van der Waals surface area contributed by atoms with Gasteiger partial charge in [0.2, 0.25) is 0 Å². The summed E-state index contributed by atoms with van der Waals surface area (Å²) in [6, 6.07) is 15.4. The first-order valence-electron chi connectivity index (χ1n) is 7.67. The van der Waals surface area contributed by atoms with Crippen molar-refractivity contribution in [2.75, 3.05) is 0 Å². The lowest BCUT2D eigenvalue weighted by Crippen LogP contribution is -2.23. The maximum Gasteiger partial charge on any atom is 0.266 e. The molecule has 0 amide bonds. The molecule has 0 saturated carbocycles. The molecule has 24 heavy (non-hydrogen) atoms. The van der Waals surface area contributed by atoms with Crippen molar-refractivity contribution in [2.45, 2.75) is 31.2 Å². The minimum absolute atomic E-state index is 0.109. The van der Waals surface area contributed by atoms with E-state index in [1.807, 2.05) is 50.2 Å². The molecule has 3 rings (SSSR count). The molecule has 0 aliphatic heterocycles. The molecule has 2 aromatic carbocycles. The number of hydrogen-bond donors (Lipinski definition) is 0. The number of thioether (sulfide) groups is 1. The van der Waals surface area contributed by atoms with E-state index in [-0.39, 0.29) is 10.8 Å². The molecule has 1 unspecified atom stereocenters. The molecule has 0 aliphatic rings. The average Bonchev–Trinajstić information content (AvgIpc) is 2.58. The number of rotatable bonds is 3. The molecule has 0 saturated heterocycles. The summed E-state index contributed by atoms with van der Waals surface area (Å²) in [5, 5.41) is 9.98. The van der Waals surface area contributed by atoms with Crippen LogP contribution in [0, 0.1) is 25.2 Å². The fourth-order valence-electron chi connectivity index (χ4n) is 2.57. The lowest BCUT2D eigenvalue weighted by molar-refractivity contribution is 0.811. The van der Waals surface area contributed by atoms with Gasteiger partial charge in [-0.1, -0.05) is 36.0 Å². The van der Waals surface area contributed by atoms with Crippen LogP contribution < -0.4 is 5.56 Å². The van der Waals surface area contributed by atoms with E-state index < -0.39 is 0 Å². The van der Waals surface area contributed by atoms with Crippen molar-refractivity contribution >= 4 is 22.7 Å². The molecule has 0 spiro atoms. The normalized spacial score (nSPS) is 12.1. The molecule has 1 heterocycles. The van der Waals surface area contributed by atoms with E-state index in [1.54, 1.807) is 17.6 Å². The van der Waals surface area contributed by atoms with Crippen LogP contribution in [0.15, 0.2) is 52.4 Å². The predicted octanol–water partition coefficient (Wildman–Crippen LogP) is 4.01. The smallest absolute Gasteiger partial charge is 0.266 e. The van der Waals surface area contributed by atoms with Gasteiger partial charge < -0.3 is 0 Å². The summed E-state index contributed by atoms with van der Waals surface area (Å²) in [5.74, 6) is 0. The SMILES string of the molecule is Cc1cccc(-n2c(SC(C)C#N)nc3ccccc3c2=O)c1C. The molecule has 4 nitrogen and oxygen atoms in total. The van der Waals surface area contributed by atoms with Gasteiger partial charge in [-0.25, -0.2) is 4.98 Å². The molecule has 0 fully saturated rings. The number of aromatic nitrogens is 2. The Kier molecular flexibility index (Phi) is 4.41. The van der Waals surface area contributed by atoms with E-state index in [0.717, 1.165) is 16.8 Å². The predicted molar refractivity (Wildman–Crippen MR) is 97.7 cm³/mol. The Morgan fingerprint density at radius 2 is 1.92 bits per heavy atom. The van der Waals surface area contributed by atoms with E-state index in [9.17, 15) is 4.79 Å². The van der Waals surface area contributed by atoms with Gasteiger partial charge in [-0.3, -0.25) is 9.36 Å². The van der Waals surface area contributed by atoms with Crippen LogP contribution in [0.4, 0.5) is 0 Å². The fraction of sp³-hybridized carbons (Fsp3) is 0.211. The van der Waals surface area contributed by atoms with Crippen molar-refractivity contribution in [1.29, 1.82) is 5.26 Å². The maximum atomic E-state index is 13.1. The second kappa shape index (κ2) is 6.50. The van der Waals surface area contributed by atoms with Crippen molar-refractivity contribution in [1.82, 2.24) is 9.55 Å². The van der Waals surface area contributed by atoms with Gasteiger partial charge in [-0.2, -0.15) is 5.26 Å². The van der Waals surface area contributed by atoms with E-state index in [2.05, 4.69) is 11.1 Å². The highest BCUT2D eigenvalue weighted by atomic mass is 32.2. The molecule has 0 radical (unpaired) electrons. The number of nitriles is 1. The van der Waals surface area contributed by atoms with Gasteiger partial charge in [-0.05, 0) is 50.1 Å². The Labute approximate surface area is 144 Å². The molecule has 1 aromatic heterocycles. The molecule has 3 aromatic rings. The highest BCUT2D eigenvalue weighted by Crippen LogP contribution is 2.26. The first-order chi connectivity index (χ1) is 11.5. The quantitative estimate of drug-likeness (QED) is 0.536. The van der Waals surface area contributed by atoms with Crippen molar-refractivity contribution in [3.05, 3.63) is 63.9 Å². The van der Waals surface area contributed by atoms with E-state index in [4.69, 9.17) is 5.26 Å². The van der Waals surface area contributed by atoms with E-state index >= 15 is 0 Å². The minimum Gasteiger partial charge on any atom is -0.268 e. The zero-order chi connectivity index (χ0) is 17.3. The molecule has 0 aliphatic carbocycles.